The van der Waals surface area contributed by atoms with Gasteiger partial charge in [0, 0.05) is 24.4 Å². The molecule has 0 aromatic carbocycles. The topological polar surface area (TPSA) is 32.3 Å². The van der Waals surface area contributed by atoms with Crippen LogP contribution in [0.3, 0.4) is 0 Å². The highest BCUT2D eigenvalue weighted by Gasteiger charge is 2.26. The fourth-order valence-electron chi connectivity index (χ4n) is 1.43. The lowest BCUT2D eigenvalue weighted by molar-refractivity contribution is 0.506. The molecule has 12 heavy (non-hydrogen) atoms. The molecule has 1 saturated heterocycles. The third kappa shape index (κ3) is 2.28. The minimum Gasteiger partial charge on any atom is -0.316 e. The Kier molecular flexibility index (Phi) is 3.68. The van der Waals surface area contributed by atoms with Gasteiger partial charge in [-0.2, -0.15) is 0 Å². The molecule has 72 valence electrons. The number of hydrogen-bond donors (Lipinski definition) is 1. The molecule has 1 aliphatic heterocycles. The normalized spacial score (nSPS) is 28.2. The van der Waals surface area contributed by atoms with Gasteiger partial charge in [-0.1, -0.05) is 0 Å². The zero-order valence-corrected chi connectivity index (χ0v) is 8.86. The third-order valence-corrected chi connectivity index (χ3v) is 3.86. The van der Waals surface area contributed by atoms with Crippen molar-refractivity contribution in [2.24, 2.45) is 0 Å². The molecule has 0 aromatic rings. The summed E-state index contributed by atoms with van der Waals surface area (Å²) in [6.07, 6.45) is 1.12. The maximum Gasteiger partial charge on any atom is 0.0969 e. The summed E-state index contributed by atoms with van der Waals surface area (Å²) in [6, 6.07) is 0.535. The SMILES string of the molecule is CNC1CCN(S(=O)C(C)C)C1. The highest BCUT2D eigenvalue weighted by Crippen LogP contribution is 2.13. The van der Waals surface area contributed by atoms with Gasteiger partial charge in [0.1, 0.15) is 0 Å². The van der Waals surface area contributed by atoms with E-state index in [1.54, 1.807) is 0 Å². The van der Waals surface area contributed by atoms with Crippen LogP contribution in [0.1, 0.15) is 20.3 Å². The monoisotopic (exact) mass is 190 g/mol. The van der Waals surface area contributed by atoms with E-state index in [0.29, 0.717) is 6.04 Å². The van der Waals surface area contributed by atoms with Crippen molar-refractivity contribution in [2.75, 3.05) is 20.1 Å². The number of hydrogen-bond acceptors (Lipinski definition) is 2. The average molecular weight is 190 g/mol. The van der Waals surface area contributed by atoms with Crippen molar-refractivity contribution in [3.8, 4) is 0 Å². The Morgan fingerprint density at radius 3 is 2.67 bits per heavy atom. The van der Waals surface area contributed by atoms with Crippen LogP contribution in [-0.2, 0) is 11.0 Å². The van der Waals surface area contributed by atoms with E-state index in [1.165, 1.54) is 0 Å². The van der Waals surface area contributed by atoms with E-state index in [2.05, 4.69) is 9.62 Å². The minimum atomic E-state index is -0.776. The van der Waals surface area contributed by atoms with Crippen LogP contribution in [0.25, 0.3) is 0 Å². The predicted molar refractivity (Wildman–Crippen MR) is 52.3 cm³/mol. The highest BCUT2D eigenvalue weighted by molar-refractivity contribution is 7.83. The van der Waals surface area contributed by atoms with Crippen LogP contribution in [0, 0.1) is 0 Å². The van der Waals surface area contributed by atoms with Crippen molar-refractivity contribution in [3.63, 3.8) is 0 Å². The molecule has 2 atom stereocenters. The Labute approximate surface area is 77.1 Å². The van der Waals surface area contributed by atoms with Gasteiger partial charge in [-0.3, -0.25) is 0 Å². The average Bonchev–Trinajstić information content (AvgIpc) is 2.50. The molecule has 1 N–H and O–H groups in total. The summed E-state index contributed by atoms with van der Waals surface area (Å²) in [7, 11) is 1.19. The molecule has 0 saturated carbocycles. The summed E-state index contributed by atoms with van der Waals surface area (Å²) in [5.74, 6) is 0. The van der Waals surface area contributed by atoms with E-state index in [4.69, 9.17) is 0 Å². The predicted octanol–water partition coefficient (Wildman–Crippen LogP) is 0.352. The molecular formula is C8H18N2OS. The zero-order chi connectivity index (χ0) is 9.14. The van der Waals surface area contributed by atoms with Crippen LogP contribution in [0.2, 0.25) is 0 Å². The van der Waals surface area contributed by atoms with Crippen molar-refractivity contribution in [1.29, 1.82) is 0 Å². The molecule has 0 aliphatic carbocycles. The van der Waals surface area contributed by atoms with Crippen LogP contribution >= 0.6 is 0 Å². The lowest BCUT2D eigenvalue weighted by Gasteiger charge is -2.17. The van der Waals surface area contributed by atoms with E-state index in [1.807, 2.05) is 20.9 Å². The van der Waals surface area contributed by atoms with Gasteiger partial charge in [-0.15, -0.1) is 0 Å². The van der Waals surface area contributed by atoms with Crippen molar-refractivity contribution >= 4 is 11.0 Å². The Morgan fingerprint density at radius 1 is 1.58 bits per heavy atom. The molecular weight excluding hydrogens is 172 g/mol. The first-order valence-electron chi connectivity index (χ1n) is 4.48. The number of likely N-dealkylation sites (N-methyl/N-ethyl adjacent to an activating group) is 1. The summed E-state index contributed by atoms with van der Waals surface area (Å²) in [4.78, 5) is 0. The molecule has 1 rings (SSSR count). The Hall–Kier alpha value is 0.0700. The number of nitrogens with zero attached hydrogens (tertiary/aromatic N) is 1. The van der Waals surface area contributed by atoms with E-state index in [-0.39, 0.29) is 5.25 Å². The number of nitrogens with one attached hydrogen (secondary N) is 1. The first kappa shape index (κ1) is 10.2. The van der Waals surface area contributed by atoms with Gasteiger partial charge >= 0.3 is 0 Å². The van der Waals surface area contributed by atoms with Crippen LogP contribution in [0.5, 0.6) is 0 Å². The molecule has 1 heterocycles. The van der Waals surface area contributed by atoms with Gasteiger partial charge in [0.25, 0.3) is 0 Å². The van der Waals surface area contributed by atoms with E-state index < -0.39 is 11.0 Å². The lowest BCUT2D eigenvalue weighted by Crippen LogP contribution is -2.33. The third-order valence-electron chi connectivity index (χ3n) is 2.22. The quantitative estimate of drug-likeness (QED) is 0.696. The van der Waals surface area contributed by atoms with Crippen LogP contribution in [-0.4, -0.2) is 39.9 Å². The summed E-state index contributed by atoms with van der Waals surface area (Å²) >= 11 is 0. The molecule has 2 unspecified atom stereocenters. The van der Waals surface area contributed by atoms with Gasteiger partial charge in [-0.25, -0.2) is 8.51 Å². The van der Waals surface area contributed by atoms with Crippen molar-refractivity contribution < 1.29 is 4.21 Å². The van der Waals surface area contributed by atoms with Gasteiger partial charge in [0.15, 0.2) is 0 Å². The summed E-state index contributed by atoms with van der Waals surface area (Å²) in [6.45, 7) is 5.91. The molecule has 1 aliphatic rings. The molecule has 0 aromatic heterocycles. The van der Waals surface area contributed by atoms with Crippen molar-refractivity contribution in [2.45, 2.75) is 31.6 Å². The van der Waals surface area contributed by atoms with E-state index in [0.717, 1.165) is 19.5 Å². The minimum absolute atomic E-state index is 0.251. The van der Waals surface area contributed by atoms with Crippen LogP contribution in [0.15, 0.2) is 0 Å². The van der Waals surface area contributed by atoms with Crippen molar-refractivity contribution in [3.05, 3.63) is 0 Å². The van der Waals surface area contributed by atoms with Gasteiger partial charge in [0.05, 0.1) is 11.0 Å². The van der Waals surface area contributed by atoms with Gasteiger partial charge in [-0.05, 0) is 27.3 Å². The molecule has 0 radical (unpaired) electrons. The van der Waals surface area contributed by atoms with Crippen molar-refractivity contribution in [1.82, 2.24) is 9.62 Å². The Balaban J connectivity index is 2.41. The fraction of sp³-hybridized carbons (Fsp3) is 1.00. The van der Waals surface area contributed by atoms with E-state index >= 15 is 0 Å². The first-order valence-corrected chi connectivity index (χ1v) is 5.65. The van der Waals surface area contributed by atoms with Crippen LogP contribution in [0.4, 0.5) is 0 Å². The second-order valence-corrected chi connectivity index (χ2v) is 5.50. The Bertz CT molecular complexity index is 172. The molecule has 3 nitrogen and oxygen atoms in total. The van der Waals surface area contributed by atoms with E-state index in [9.17, 15) is 4.21 Å². The highest BCUT2D eigenvalue weighted by atomic mass is 32.2. The summed E-state index contributed by atoms with van der Waals surface area (Å²) in [5, 5.41) is 3.46. The maximum absolute atomic E-state index is 11.6. The standard InChI is InChI=1S/C8H18N2OS/c1-7(2)12(11)10-5-4-8(6-10)9-3/h7-9H,4-6H2,1-3H3. The number of rotatable bonds is 3. The van der Waals surface area contributed by atoms with Gasteiger partial charge < -0.3 is 5.32 Å². The summed E-state index contributed by atoms with van der Waals surface area (Å²) < 4.78 is 13.7. The Morgan fingerprint density at radius 2 is 2.25 bits per heavy atom. The maximum atomic E-state index is 11.6. The van der Waals surface area contributed by atoms with Crippen LogP contribution < -0.4 is 5.32 Å². The second kappa shape index (κ2) is 4.35. The first-order chi connectivity index (χ1) is 5.65. The molecule has 0 amide bonds. The molecule has 0 spiro atoms. The zero-order valence-electron chi connectivity index (χ0n) is 8.04. The second-order valence-electron chi connectivity index (χ2n) is 3.49. The van der Waals surface area contributed by atoms with Gasteiger partial charge in [0.2, 0.25) is 0 Å². The smallest absolute Gasteiger partial charge is 0.0969 e. The fourth-order valence-corrected chi connectivity index (χ4v) is 2.63. The largest absolute Gasteiger partial charge is 0.316 e. The molecule has 1 fully saturated rings. The summed E-state index contributed by atoms with van der Waals surface area (Å²) in [5.41, 5.74) is 0. The lowest BCUT2D eigenvalue weighted by atomic mass is 10.3. The molecule has 4 heteroatoms. The molecule has 0 bridgehead atoms.